The lowest BCUT2D eigenvalue weighted by atomic mass is 9.95. The van der Waals surface area contributed by atoms with Gasteiger partial charge in [-0.2, -0.15) is 0 Å². The summed E-state index contributed by atoms with van der Waals surface area (Å²) in [4.78, 5) is 4.20. The maximum absolute atomic E-state index is 6.09. The number of hydrogen-bond acceptors (Lipinski definition) is 2. The topological polar surface area (TPSA) is 38.9 Å². The van der Waals surface area contributed by atoms with Crippen LogP contribution in [0.25, 0.3) is 10.8 Å². The lowest BCUT2D eigenvalue weighted by Gasteiger charge is -2.15. The van der Waals surface area contributed by atoms with Gasteiger partial charge in [-0.3, -0.25) is 4.98 Å². The normalized spacial score (nSPS) is 13.2. The van der Waals surface area contributed by atoms with Gasteiger partial charge in [0.1, 0.15) is 0 Å². The molecule has 1 heterocycles. The number of nitrogens with two attached hydrogens (primary N) is 1. The van der Waals surface area contributed by atoms with Gasteiger partial charge in [-0.15, -0.1) is 0 Å². The maximum Gasteiger partial charge on any atom is 0.0349 e. The van der Waals surface area contributed by atoms with Crippen LogP contribution in [0.5, 0.6) is 0 Å². The van der Waals surface area contributed by atoms with Gasteiger partial charge in [0.2, 0.25) is 0 Å². The molecule has 1 aromatic carbocycles. The quantitative estimate of drug-likeness (QED) is 0.873. The molecule has 0 fully saturated rings. The first-order valence-electron chi connectivity index (χ1n) is 6.25. The summed E-state index contributed by atoms with van der Waals surface area (Å²) >= 11 is 0. The van der Waals surface area contributed by atoms with Crippen LogP contribution in [0.1, 0.15) is 25.8 Å². The highest BCUT2D eigenvalue weighted by atomic mass is 14.6. The third kappa shape index (κ3) is 2.83. The monoisotopic (exact) mass is 228 g/mol. The average Bonchev–Trinajstić information content (AvgIpc) is 2.35. The Balaban J connectivity index is 2.19. The van der Waals surface area contributed by atoms with E-state index in [9.17, 15) is 0 Å². The lowest BCUT2D eigenvalue weighted by molar-refractivity contribution is 0.465. The predicted molar refractivity (Wildman–Crippen MR) is 72.9 cm³/mol. The second kappa shape index (κ2) is 5.28. The highest BCUT2D eigenvalue weighted by molar-refractivity contribution is 5.84. The summed E-state index contributed by atoms with van der Waals surface area (Å²) in [5.41, 5.74) is 7.45. The van der Waals surface area contributed by atoms with Gasteiger partial charge in [-0.05, 0) is 35.8 Å². The first kappa shape index (κ1) is 12.1. The number of hydrogen-bond donors (Lipinski definition) is 1. The Hall–Kier alpha value is -1.41. The number of pyridine rings is 1. The van der Waals surface area contributed by atoms with E-state index >= 15 is 0 Å². The molecule has 0 aliphatic carbocycles. The Morgan fingerprint density at radius 2 is 2.06 bits per heavy atom. The van der Waals surface area contributed by atoms with E-state index < -0.39 is 0 Å². The number of fused-ring (bicyclic) bond motifs is 1. The van der Waals surface area contributed by atoms with Gasteiger partial charge >= 0.3 is 0 Å². The zero-order valence-electron chi connectivity index (χ0n) is 10.6. The van der Waals surface area contributed by atoms with E-state index in [-0.39, 0.29) is 6.04 Å². The summed E-state index contributed by atoms with van der Waals surface area (Å²) in [6, 6.07) is 8.75. The van der Waals surface area contributed by atoms with E-state index in [0.29, 0.717) is 5.92 Å². The van der Waals surface area contributed by atoms with Crippen molar-refractivity contribution in [3.63, 3.8) is 0 Å². The van der Waals surface area contributed by atoms with E-state index in [1.807, 2.05) is 12.4 Å². The molecule has 17 heavy (non-hydrogen) atoms. The summed E-state index contributed by atoms with van der Waals surface area (Å²) in [5.74, 6) is 0.545. The third-order valence-corrected chi connectivity index (χ3v) is 3.38. The Morgan fingerprint density at radius 1 is 1.24 bits per heavy atom. The molecule has 2 nitrogen and oxygen atoms in total. The van der Waals surface area contributed by atoms with Crippen molar-refractivity contribution in [1.29, 1.82) is 0 Å². The summed E-state index contributed by atoms with van der Waals surface area (Å²) in [6.45, 7) is 4.35. The molecule has 2 heteroatoms. The Labute approximate surface area is 103 Å². The maximum atomic E-state index is 6.09. The molecule has 0 amide bonds. The zero-order valence-corrected chi connectivity index (χ0v) is 10.6. The van der Waals surface area contributed by atoms with Crippen LogP contribution in [-0.4, -0.2) is 11.0 Å². The molecule has 2 rings (SSSR count). The average molecular weight is 228 g/mol. The number of benzene rings is 1. The molecule has 2 N–H and O–H groups in total. The van der Waals surface area contributed by atoms with E-state index in [1.165, 1.54) is 16.3 Å². The second-order valence-corrected chi connectivity index (χ2v) is 4.96. The van der Waals surface area contributed by atoms with Crippen molar-refractivity contribution < 1.29 is 0 Å². The number of aromatic nitrogens is 1. The Bertz CT molecular complexity index is 486. The fraction of sp³-hybridized carbons (Fsp3) is 0.400. The van der Waals surface area contributed by atoms with Crippen molar-refractivity contribution in [1.82, 2.24) is 4.98 Å². The molecule has 0 radical (unpaired) electrons. The zero-order chi connectivity index (χ0) is 12.3. The van der Waals surface area contributed by atoms with Gasteiger partial charge in [0, 0.05) is 23.8 Å². The summed E-state index contributed by atoms with van der Waals surface area (Å²) in [5, 5.41) is 2.52. The smallest absolute Gasteiger partial charge is 0.0349 e. The van der Waals surface area contributed by atoms with Gasteiger partial charge in [-0.25, -0.2) is 0 Å². The van der Waals surface area contributed by atoms with Crippen molar-refractivity contribution in [2.75, 3.05) is 0 Å². The van der Waals surface area contributed by atoms with Crippen molar-refractivity contribution >= 4 is 10.8 Å². The van der Waals surface area contributed by atoms with Crippen molar-refractivity contribution in [3.05, 3.63) is 42.2 Å². The van der Waals surface area contributed by atoms with Gasteiger partial charge in [-0.1, -0.05) is 32.0 Å². The van der Waals surface area contributed by atoms with Crippen LogP contribution < -0.4 is 5.73 Å². The van der Waals surface area contributed by atoms with Crippen LogP contribution in [0.3, 0.4) is 0 Å². The van der Waals surface area contributed by atoms with Crippen LogP contribution in [0, 0.1) is 5.92 Å². The van der Waals surface area contributed by atoms with Crippen LogP contribution in [-0.2, 0) is 6.42 Å². The van der Waals surface area contributed by atoms with Gasteiger partial charge in [0.05, 0.1) is 0 Å². The van der Waals surface area contributed by atoms with Crippen LogP contribution >= 0.6 is 0 Å². The fourth-order valence-corrected chi connectivity index (χ4v) is 2.05. The molecule has 0 spiro atoms. The molecule has 90 valence electrons. The first-order valence-corrected chi connectivity index (χ1v) is 6.25. The molecular formula is C15H20N2. The van der Waals surface area contributed by atoms with Crippen LogP contribution in [0.15, 0.2) is 36.7 Å². The Kier molecular flexibility index (Phi) is 3.75. The van der Waals surface area contributed by atoms with Crippen molar-refractivity contribution in [2.24, 2.45) is 11.7 Å². The van der Waals surface area contributed by atoms with Crippen molar-refractivity contribution in [3.8, 4) is 0 Å². The molecule has 1 aromatic heterocycles. The second-order valence-electron chi connectivity index (χ2n) is 4.96. The van der Waals surface area contributed by atoms with E-state index in [0.717, 1.165) is 12.8 Å². The molecule has 0 aliphatic rings. The third-order valence-electron chi connectivity index (χ3n) is 3.38. The molecule has 0 aliphatic heterocycles. The van der Waals surface area contributed by atoms with Crippen LogP contribution in [0.2, 0.25) is 0 Å². The van der Waals surface area contributed by atoms with Gasteiger partial charge < -0.3 is 5.73 Å². The summed E-state index contributed by atoms with van der Waals surface area (Å²) < 4.78 is 0. The highest BCUT2D eigenvalue weighted by Crippen LogP contribution is 2.19. The number of nitrogens with zero attached hydrogens (tertiary/aromatic N) is 1. The minimum Gasteiger partial charge on any atom is -0.327 e. The van der Waals surface area contributed by atoms with E-state index in [1.54, 1.807) is 0 Å². The fourth-order valence-electron chi connectivity index (χ4n) is 2.05. The summed E-state index contributed by atoms with van der Waals surface area (Å²) in [6.07, 6.45) is 5.85. The number of aryl methyl sites for hydroxylation is 1. The van der Waals surface area contributed by atoms with Gasteiger partial charge in [0.25, 0.3) is 0 Å². The SMILES string of the molecule is CC(C)C(N)CCc1cccc2ccncc12. The lowest BCUT2D eigenvalue weighted by Crippen LogP contribution is -2.26. The number of rotatable bonds is 4. The Morgan fingerprint density at radius 3 is 2.82 bits per heavy atom. The molecule has 0 saturated heterocycles. The minimum absolute atomic E-state index is 0.280. The molecule has 1 unspecified atom stereocenters. The van der Waals surface area contributed by atoms with E-state index in [4.69, 9.17) is 5.73 Å². The van der Waals surface area contributed by atoms with Gasteiger partial charge in [0.15, 0.2) is 0 Å². The van der Waals surface area contributed by atoms with Crippen LogP contribution in [0.4, 0.5) is 0 Å². The molecular weight excluding hydrogens is 208 g/mol. The minimum atomic E-state index is 0.280. The largest absolute Gasteiger partial charge is 0.327 e. The molecule has 0 saturated carbocycles. The first-order chi connectivity index (χ1) is 8.18. The predicted octanol–water partition coefficient (Wildman–Crippen LogP) is 3.15. The standard InChI is InChI=1S/C15H20N2/c1-11(2)15(16)7-6-12-4-3-5-13-8-9-17-10-14(12)13/h3-5,8-11,15H,6-7,16H2,1-2H3. The molecule has 1 atom stereocenters. The van der Waals surface area contributed by atoms with E-state index in [2.05, 4.69) is 43.1 Å². The summed E-state index contributed by atoms with van der Waals surface area (Å²) in [7, 11) is 0. The highest BCUT2D eigenvalue weighted by Gasteiger charge is 2.08. The van der Waals surface area contributed by atoms with Crippen molar-refractivity contribution in [2.45, 2.75) is 32.7 Å². The molecule has 0 bridgehead atoms. The molecule has 2 aromatic rings.